The van der Waals surface area contributed by atoms with Crippen molar-refractivity contribution in [1.29, 1.82) is 0 Å². The van der Waals surface area contributed by atoms with Gasteiger partial charge in [0.1, 0.15) is 6.61 Å². The highest BCUT2D eigenvalue weighted by Gasteiger charge is 2.36. The summed E-state index contributed by atoms with van der Waals surface area (Å²) >= 11 is 0. The lowest BCUT2D eigenvalue weighted by Crippen LogP contribution is -2.25. The van der Waals surface area contributed by atoms with Crippen LogP contribution in [0.1, 0.15) is 42.0 Å². The Morgan fingerprint density at radius 3 is 2.78 bits per heavy atom. The Kier molecular flexibility index (Phi) is 3.86. The fourth-order valence-corrected chi connectivity index (χ4v) is 5.16. The van der Waals surface area contributed by atoms with E-state index in [1.54, 1.807) is 6.07 Å². The number of hydrogen-bond acceptors (Lipinski definition) is 4. The molecule has 0 saturated heterocycles. The maximum atomic E-state index is 12.3. The van der Waals surface area contributed by atoms with E-state index in [9.17, 15) is 8.42 Å². The molecule has 140 valence electrons. The maximum absolute atomic E-state index is 12.3. The minimum atomic E-state index is -3.30. The van der Waals surface area contributed by atoms with Crippen LogP contribution in [0.5, 0.6) is 0 Å². The van der Waals surface area contributed by atoms with E-state index in [2.05, 4.69) is 28.2 Å². The van der Waals surface area contributed by atoms with E-state index < -0.39 is 10.0 Å². The standard InChI is InChI=1S/C20H21N3O3S/c24-27(25,14-9-10-14)23-19-7-3-6-17-16(19)12-26-20(21-17)22-18-11-8-13-4-1-2-5-15(13)18/h1-7,14,18,23H,8-12H2,(H,21,22)/t18-/m1/s1. The highest BCUT2D eigenvalue weighted by molar-refractivity contribution is 7.93. The minimum absolute atomic E-state index is 0.0989. The van der Waals surface area contributed by atoms with Gasteiger partial charge in [-0.2, -0.15) is 0 Å². The monoisotopic (exact) mass is 383 g/mol. The van der Waals surface area contributed by atoms with Gasteiger partial charge in [-0.3, -0.25) is 4.72 Å². The molecule has 3 aliphatic rings. The van der Waals surface area contributed by atoms with Crippen LogP contribution in [0.15, 0.2) is 47.5 Å². The summed E-state index contributed by atoms with van der Waals surface area (Å²) in [6.07, 6.45) is 3.47. The van der Waals surface area contributed by atoms with Gasteiger partial charge >= 0.3 is 0 Å². The Hall–Kier alpha value is -2.54. The van der Waals surface area contributed by atoms with E-state index in [4.69, 9.17) is 9.73 Å². The molecule has 1 saturated carbocycles. The number of amidine groups is 1. The molecule has 0 aromatic heterocycles. The summed E-state index contributed by atoms with van der Waals surface area (Å²) in [5.41, 5.74) is 4.83. The fraction of sp³-hybridized carbons (Fsp3) is 0.350. The van der Waals surface area contributed by atoms with E-state index in [-0.39, 0.29) is 11.3 Å². The first-order chi connectivity index (χ1) is 13.1. The molecule has 6 nitrogen and oxygen atoms in total. The number of fused-ring (bicyclic) bond motifs is 2. The van der Waals surface area contributed by atoms with Crippen LogP contribution in [0.4, 0.5) is 11.4 Å². The SMILES string of the molecule is O=S(=O)(Nc1cccc2c1COC(=N[C@@H]1CCc3ccccc31)N2)C1CC1. The van der Waals surface area contributed by atoms with Gasteiger partial charge in [0.2, 0.25) is 10.0 Å². The zero-order valence-electron chi connectivity index (χ0n) is 14.8. The molecule has 5 rings (SSSR count). The molecule has 1 atom stereocenters. The quantitative estimate of drug-likeness (QED) is 0.846. The number of hydrogen-bond donors (Lipinski definition) is 2. The van der Waals surface area contributed by atoms with E-state index in [0.717, 1.165) is 36.9 Å². The highest BCUT2D eigenvalue weighted by atomic mass is 32.2. The van der Waals surface area contributed by atoms with Gasteiger partial charge in [-0.1, -0.05) is 30.3 Å². The summed E-state index contributed by atoms with van der Waals surface area (Å²) in [4.78, 5) is 4.76. The van der Waals surface area contributed by atoms with Crippen LogP contribution in [-0.4, -0.2) is 19.7 Å². The number of rotatable bonds is 4. The van der Waals surface area contributed by atoms with Gasteiger partial charge in [-0.15, -0.1) is 0 Å². The van der Waals surface area contributed by atoms with E-state index >= 15 is 0 Å². The summed E-state index contributed by atoms with van der Waals surface area (Å²) in [5.74, 6) is 0. The van der Waals surface area contributed by atoms with Crippen molar-refractivity contribution in [1.82, 2.24) is 0 Å². The summed E-state index contributed by atoms with van der Waals surface area (Å²) in [7, 11) is -3.30. The van der Waals surface area contributed by atoms with Gasteiger partial charge < -0.3 is 10.1 Å². The van der Waals surface area contributed by atoms with Crippen molar-refractivity contribution in [2.24, 2.45) is 4.99 Å². The van der Waals surface area contributed by atoms with Gasteiger partial charge in [0.15, 0.2) is 0 Å². The van der Waals surface area contributed by atoms with Crippen molar-refractivity contribution in [3.63, 3.8) is 0 Å². The Morgan fingerprint density at radius 2 is 1.93 bits per heavy atom. The van der Waals surface area contributed by atoms with Crippen LogP contribution in [0.2, 0.25) is 0 Å². The Labute approximate surface area is 158 Å². The van der Waals surface area contributed by atoms with Crippen LogP contribution >= 0.6 is 0 Å². The Bertz CT molecular complexity index is 1030. The zero-order chi connectivity index (χ0) is 18.4. The average Bonchev–Trinajstić information content (AvgIpc) is 3.46. The van der Waals surface area contributed by atoms with E-state index in [0.29, 0.717) is 18.3 Å². The number of aliphatic imine (C=N–C) groups is 1. The van der Waals surface area contributed by atoms with Crippen LogP contribution in [-0.2, 0) is 27.8 Å². The van der Waals surface area contributed by atoms with Crippen LogP contribution < -0.4 is 10.0 Å². The summed E-state index contributed by atoms with van der Waals surface area (Å²) < 4.78 is 33.1. The third-order valence-corrected chi connectivity index (χ3v) is 7.21. The maximum Gasteiger partial charge on any atom is 0.290 e. The van der Waals surface area contributed by atoms with Crippen molar-refractivity contribution >= 4 is 27.4 Å². The first-order valence-corrected chi connectivity index (χ1v) is 10.8. The molecule has 2 N–H and O–H groups in total. The fourth-order valence-electron chi connectivity index (χ4n) is 3.74. The second-order valence-corrected chi connectivity index (χ2v) is 9.24. The topological polar surface area (TPSA) is 79.8 Å². The van der Waals surface area contributed by atoms with Gasteiger partial charge in [-0.25, -0.2) is 13.4 Å². The van der Waals surface area contributed by atoms with Crippen LogP contribution in [0.3, 0.4) is 0 Å². The predicted molar refractivity (Wildman–Crippen MR) is 105 cm³/mol. The normalized spacial score (nSPS) is 22.5. The summed E-state index contributed by atoms with van der Waals surface area (Å²) in [5, 5.41) is 2.96. The van der Waals surface area contributed by atoms with E-state index in [1.807, 2.05) is 18.2 Å². The van der Waals surface area contributed by atoms with Crippen molar-refractivity contribution in [2.75, 3.05) is 10.0 Å². The first kappa shape index (κ1) is 16.6. The molecule has 1 aliphatic heterocycles. The minimum Gasteiger partial charge on any atom is -0.460 e. The zero-order valence-corrected chi connectivity index (χ0v) is 15.6. The van der Waals surface area contributed by atoms with Crippen LogP contribution in [0, 0.1) is 0 Å². The third-order valence-electron chi connectivity index (χ3n) is 5.36. The summed E-state index contributed by atoms with van der Waals surface area (Å²) in [6.45, 7) is 0.291. The number of nitrogens with one attached hydrogen (secondary N) is 2. The molecule has 2 aromatic rings. The molecule has 0 radical (unpaired) electrons. The molecule has 0 unspecified atom stereocenters. The molecular weight excluding hydrogens is 362 g/mol. The molecule has 1 heterocycles. The lowest BCUT2D eigenvalue weighted by Gasteiger charge is -2.24. The second-order valence-electron chi connectivity index (χ2n) is 7.28. The van der Waals surface area contributed by atoms with E-state index in [1.165, 1.54) is 11.1 Å². The van der Waals surface area contributed by atoms with Crippen molar-refractivity contribution in [3.05, 3.63) is 59.2 Å². The number of benzene rings is 2. The number of aryl methyl sites for hydroxylation is 1. The Balaban J connectivity index is 1.38. The molecule has 2 aliphatic carbocycles. The molecule has 1 fully saturated rings. The average molecular weight is 383 g/mol. The Morgan fingerprint density at radius 1 is 1.07 bits per heavy atom. The lowest BCUT2D eigenvalue weighted by molar-refractivity contribution is 0.283. The van der Waals surface area contributed by atoms with Gasteiger partial charge in [0.25, 0.3) is 6.02 Å². The number of sulfonamides is 1. The lowest BCUT2D eigenvalue weighted by atomic mass is 10.1. The summed E-state index contributed by atoms with van der Waals surface area (Å²) in [6, 6.07) is 14.5. The smallest absolute Gasteiger partial charge is 0.290 e. The number of ether oxygens (including phenoxy) is 1. The van der Waals surface area contributed by atoms with Crippen molar-refractivity contribution in [2.45, 2.75) is 43.6 Å². The third kappa shape index (κ3) is 3.16. The van der Waals surface area contributed by atoms with Gasteiger partial charge in [0.05, 0.1) is 22.7 Å². The molecule has 2 aromatic carbocycles. The number of anilines is 2. The molecular formula is C20H21N3O3S. The first-order valence-electron chi connectivity index (χ1n) is 9.29. The molecule has 0 amide bonds. The molecule has 0 bridgehead atoms. The second kappa shape index (κ2) is 6.27. The largest absolute Gasteiger partial charge is 0.460 e. The predicted octanol–water partition coefficient (Wildman–Crippen LogP) is 3.58. The molecule has 0 spiro atoms. The van der Waals surface area contributed by atoms with Crippen molar-refractivity contribution in [3.8, 4) is 0 Å². The molecule has 27 heavy (non-hydrogen) atoms. The van der Waals surface area contributed by atoms with Gasteiger partial charge in [-0.05, 0) is 48.9 Å². The number of nitrogens with zero attached hydrogens (tertiary/aromatic N) is 1. The van der Waals surface area contributed by atoms with Gasteiger partial charge in [0, 0.05) is 5.56 Å². The van der Waals surface area contributed by atoms with Crippen LogP contribution in [0.25, 0.3) is 0 Å². The highest BCUT2D eigenvalue weighted by Crippen LogP contribution is 2.36. The van der Waals surface area contributed by atoms with Crippen molar-refractivity contribution < 1.29 is 13.2 Å². The molecule has 7 heteroatoms.